The van der Waals surface area contributed by atoms with Gasteiger partial charge < -0.3 is 10.4 Å². The molecule has 0 amide bonds. The number of sulfonamides is 1. The Morgan fingerprint density at radius 2 is 1.79 bits per heavy atom. The predicted molar refractivity (Wildman–Crippen MR) is 109 cm³/mol. The van der Waals surface area contributed by atoms with Crippen LogP contribution in [0.4, 0.5) is 17.1 Å². The molecule has 8 nitrogen and oxygen atoms in total. The molecule has 2 rings (SSSR count). The molecule has 0 aliphatic heterocycles. The molecule has 0 fully saturated rings. The smallest absolute Gasteiger partial charge is 0.271 e. The van der Waals surface area contributed by atoms with Crippen LogP contribution in [0.3, 0.4) is 0 Å². The van der Waals surface area contributed by atoms with E-state index in [1.165, 1.54) is 24.3 Å². The molecule has 0 aromatic heterocycles. The van der Waals surface area contributed by atoms with Crippen molar-refractivity contribution in [1.82, 2.24) is 0 Å². The number of aryl methyl sites for hydroxylation is 1. The molecule has 0 aliphatic rings. The number of aliphatic hydroxyl groups is 1. The summed E-state index contributed by atoms with van der Waals surface area (Å²) in [5.41, 5.74) is 1.20. The van der Waals surface area contributed by atoms with Gasteiger partial charge in [-0.05, 0) is 42.5 Å². The van der Waals surface area contributed by atoms with E-state index < -0.39 is 14.9 Å². The standard InChI is InChI=1S/C19H25N3O5S/c1-14(2)3-4-15-5-8-17(9-6-15)28(26,27)21-19-13-16(22(24)25)7-10-18(19)20-11-12-23/h5-10,13-14,20-21,23H,3-4,11-12H2,1-2H3. The Hall–Kier alpha value is -2.65. The van der Waals surface area contributed by atoms with Crippen LogP contribution in [-0.2, 0) is 16.4 Å². The van der Waals surface area contributed by atoms with Gasteiger partial charge in [-0.25, -0.2) is 8.42 Å². The number of anilines is 2. The lowest BCUT2D eigenvalue weighted by Crippen LogP contribution is -2.15. The molecule has 0 unspecified atom stereocenters. The van der Waals surface area contributed by atoms with E-state index in [2.05, 4.69) is 23.9 Å². The van der Waals surface area contributed by atoms with E-state index in [4.69, 9.17) is 5.11 Å². The highest BCUT2D eigenvalue weighted by molar-refractivity contribution is 7.92. The molecule has 9 heteroatoms. The topological polar surface area (TPSA) is 122 Å². The van der Waals surface area contributed by atoms with Crippen molar-refractivity contribution in [3.8, 4) is 0 Å². The third kappa shape index (κ3) is 5.93. The van der Waals surface area contributed by atoms with Crippen LogP contribution in [0.25, 0.3) is 0 Å². The van der Waals surface area contributed by atoms with Crippen molar-refractivity contribution < 1.29 is 18.4 Å². The quantitative estimate of drug-likeness (QED) is 0.410. The SMILES string of the molecule is CC(C)CCc1ccc(S(=O)(=O)Nc2cc([N+](=O)[O-])ccc2NCCO)cc1. The summed E-state index contributed by atoms with van der Waals surface area (Å²) in [5.74, 6) is 0.559. The minimum atomic E-state index is -3.93. The second-order valence-corrected chi connectivity index (χ2v) is 8.50. The van der Waals surface area contributed by atoms with Gasteiger partial charge in [0.25, 0.3) is 15.7 Å². The Morgan fingerprint density at radius 1 is 1.11 bits per heavy atom. The lowest BCUT2D eigenvalue weighted by Gasteiger charge is -2.14. The number of nitro benzene ring substituents is 1. The largest absolute Gasteiger partial charge is 0.395 e. The molecule has 3 N–H and O–H groups in total. The summed E-state index contributed by atoms with van der Waals surface area (Å²) >= 11 is 0. The van der Waals surface area contributed by atoms with Crippen LogP contribution in [0, 0.1) is 16.0 Å². The minimum absolute atomic E-state index is 0.0477. The average Bonchev–Trinajstić information content (AvgIpc) is 2.65. The molecule has 0 aliphatic carbocycles. The van der Waals surface area contributed by atoms with Crippen molar-refractivity contribution in [3.05, 3.63) is 58.1 Å². The highest BCUT2D eigenvalue weighted by Gasteiger charge is 2.19. The Balaban J connectivity index is 2.26. The summed E-state index contributed by atoms with van der Waals surface area (Å²) in [7, 11) is -3.93. The van der Waals surface area contributed by atoms with Gasteiger partial charge in [-0.3, -0.25) is 14.8 Å². The molecule has 0 spiro atoms. The molecule has 152 valence electrons. The zero-order valence-electron chi connectivity index (χ0n) is 15.9. The van der Waals surface area contributed by atoms with Gasteiger partial charge in [-0.15, -0.1) is 0 Å². The number of nitrogens with zero attached hydrogens (tertiary/aromatic N) is 1. The van der Waals surface area contributed by atoms with Crippen molar-refractivity contribution in [2.24, 2.45) is 5.92 Å². The van der Waals surface area contributed by atoms with E-state index in [0.717, 1.165) is 24.5 Å². The summed E-state index contributed by atoms with van der Waals surface area (Å²) in [4.78, 5) is 10.5. The summed E-state index contributed by atoms with van der Waals surface area (Å²) in [6.45, 7) is 4.27. The Morgan fingerprint density at radius 3 is 2.36 bits per heavy atom. The summed E-state index contributed by atoms with van der Waals surface area (Å²) < 4.78 is 27.9. The average molecular weight is 407 g/mol. The number of non-ortho nitro benzene ring substituents is 1. The zero-order chi connectivity index (χ0) is 20.7. The fourth-order valence-corrected chi connectivity index (χ4v) is 3.64. The first kappa shape index (κ1) is 21.6. The number of benzene rings is 2. The minimum Gasteiger partial charge on any atom is -0.395 e. The molecular formula is C19H25N3O5S. The van der Waals surface area contributed by atoms with E-state index >= 15 is 0 Å². The van der Waals surface area contributed by atoms with Crippen molar-refractivity contribution in [2.75, 3.05) is 23.2 Å². The van der Waals surface area contributed by atoms with E-state index in [0.29, 0.717) is 11.6 Å². The van der Waals surface area contributed by atoms with Crippen LogP contribution in [-0.4, -0.2) is 31.6 Å². The molecule has 0 saturated carbocycles. The predicted octanol–water partition coefficient (Wildman–Crippen LogP) is 3.39. The van der Waals surface area contributed by atoms with E-state index in [9.17, 15) is 18.5 Å². The lowest BCUT2D eigenvalue weighted by atomic mass is 10.0. The van der Waals surface area contributed by atoms with Crippen LogP contribution in [0.1, 0.15) is 25.8 Å². The fourth-order valence-electron chi connectivity index (χ4n) is 2.57. The molecule has 0 radical (unpaired) electrons. The molecule has 28 heavy (non-hydrogen) atoms. The molecule has 0 heterocycles. The second kappa shape index (κ2) is 9.52. The van der Waals surface area contributed by atoms with Gasteiger partial charge >= 0.3 is 0 Å². The van der Waals surface area contributed by atoms with Crippen LogP contribution in [0.5, 0.6) is 0 Å². The monoisotopic (exact) mass is 407 g/mol. The van der Waals surface area contributed by atoms with Gasteiger partial charge in [0.15, 0.2) is 0 Å². The summed E-state index contributed by atoms with van der Waals surface area (Å²) in [5, 5.41) is 22.8. The van der Waals surface area contributed by atoms with Crippen molar-refractivity contribution in [1.29, 1.82) is 0 Å². The van der Waals surface area contributed by atoms with Crippen LogP contribution < -0.4 is 10.0 Å². The highest BCUT2D eigenvalue weighted by Crippen LogP contribution is 2.29. The molecule has 0 bridgehead atoms. The Bertz CT molecular complexity index is 912. The van der Waals surface area contributed by atoms with Crippen molar-refractivity contribution >= 4 is 27.1 Å². The summed E-state index contributed by atoms with van der Waals surface area (Å²) in [6, 6.07) is 10.4. The third-order valence-corrected chi connectivity index (χ3v) is 5.51. The first-order valence-electron chi connectivity index (χ1n) is 8.98. The molecule has 0 saturated heterocycles. The highest BCUT2D eigenvalue weighted by atomic mass is 32.2. The number of rotatable bonds is 10. The van der Waals surface area contributed by atoms with Gasteiger partial charge in [0.1, 0.15) is 0 Å². The lowest BCUT2D eigenvalue weighted by molar-refractivity contribution is -0.384. The van der Waals surface area contributed by atoms with E-state index in [1.807, 2.05) is 0 Å². The van der Waals surface area contributed by atoms with Gasteiger partial charge in [0, 0.05) is 18.7 Å². The van der Waals surface area contributed by atoms with Crippen LogP contribution >= 0.6 is 0 Å². The number of aliphatic hydroxyl groups excluding tert-OH is 1. The fraction of sp³-hybridized carbons (Fsp3) is 0.368. The Kier molecular flexibility index (Phi) is 7.36. The number of hydrogen-bond acceptors (Lipinski definition) is 6. The third-order valence-electron chi connectivity index (χ3n) is 4.13. The van der Waals surface area contributed by atoms with E-state index in [-0.39, 0.29) is 29.4 Å². The second-order valence-electron chi connectivity index (χ2n) is 6.82. The normalized spacial score (nSPS) is 11.4. The first-order valence-corrected chi connectivity index (χ1v) is 10.5. The summed E-state index contributed by atoms with van der Waals surface area (Å²) in [6.07, 6.45) is 1.88. The number of hydrogen-bond donors (Lipinski definition) is 3. The van der Waals surface area contributed by atoms with Gasteiger partial charge in [-0.2, -0.15) is 0 Å². The zero-order valence-corrected chi connectivity index (χ0v) is 16.7. The van der Waals surface area contributed by atoms with Gasteiger partial charge in [0.05, 0.1) is 27.8 Å². The Labute approximate surface area is 164 Å². The number of nitrogens with one attached hydrogen (secondary N) is 2. The van der Waals surface area contributed by atoms with Crippen LogP contribution in [0.2, 0.25) is 0 Å². The van der Waals surface area contributed by atoms with Crippen LogP contribution in [0.15, 0.2) is 47.4 Å². The molecular weight excluding hydrogens is 382 g/mol. The first-order chi connectivity index (χ1) is 13.2. The maximum absolute atomic E-state index is 12.7. The van der Waals surface area contributed by atoms with Crippen molar-refractivity contribution in [2.45, 2.75) is 31.6 Å². The van der Waals surface area contributed by atoms with E-state index in [1.54, 1.807) is 12.1 Å². The maximum atomic E-state index is 12.7. The molecule has 0 atom stereocenters. The molecule has 2 aromatic carbocycles. The van der Waals surface area contributed by atoms with Crippen molar-refractivity contribution in [3.63, 3.8) is 0 Å². The van der Waals surface area contributed by atoms with Gasteiger partial charge in [-0.1, -0.05) is 26.0 Å². The maximum Gasteiger partial charge on any atom is 0.271 e. The number of nitro groups is 1. The van der Waals surface area contributed by atoms with Gasteiger partial charge in [0.2, 0.25) is 0 Å². The molecule has 2 aromatic rings.